The van der Waals surface area contributed by atoms with Crippen LogP contribution in [0, 0.1) is 10.1 Å². The van der Waals surface area contributed by atoms with E-state index in [1.54, 1.807) is 4.57 Å². The number of likely N-dealkylation sites (N-methyl/N-ethyl adjacent to an activating group) is 1. The lowest BCUT2D eigenvalue weighted by Gasteiger charge is -2.28. The summed E-state index contributed by atoms with van der Waals surface area (Å²) in [6.45, 7) is 4.08. The minimum atomic E-state index is -0.506. The summed E-state index contributed by atoms with van der Waals surface area (Å²) in [7, 11) is 2.03. The largest absolute Gasteiger partial charge is 0.436 e. The van der Waals surface area contributed by atoms with Crippen LogP contribution in [0.25, 0.3) is 0 Å². The van der Waals surface area contributed by atoms with Gasteiger partial charge in [-0.15, -0.1) is 0 Å². The molecule has 1 aliphatic heterocycles. The van der Waals surface area contributed by atoms with Crippen molar-refractivity contribution in [2.24, 2.45) is 0 Å². The highest BCUT2D eigenvalue weighted by atomic mass is 16.6. The fourth-order valence-electron chi connectivity index (χ4n) is 2.89. The lowest BCUT2D eigenvalue weighted by Crippen LogP contribution is -2.43. The minimum absolute atomic E-state index is 0.172. The molecule has 0 unspecified atom stereocenters. The monoisotopic (exact) mass is 302 g/mol. The first-order valence-electron chi connectivity index (χ1n) is 7.08. The molecular weight excluding hydrogens is 284 g/mol. The van der Waals surface area contributed by atoms with E-state index in [-0.39, 0.29) is 5.82 Å². The number of benzene rings is 1. The first-order chi connectivity index (χ1) is 10.5. The number of ether oxygens (including phenoxy) is 1. The Morgan fingerprint density at radius 3 is 2.82 bits per heavy atom. The highest BCUT2D eigenvalue weighted by Crippen LogP contribution is 2.31. The predicted octanol–water partition coefficient (Wildman–Crippen LogP) is 2.07. The molecule has 0 saturated heterocycles. The number of nitrogens with zero attached hydrogens (tertiary/aromatic N) is 4. The first kappa shape index (κ1) is 14.5. The van der Waals surface area contributed by atoms with E-state index in [9.17, 15) is 10.1 Å². The molecule has 1 atom stereocenters. The average molecular weight is 302 g/mol. The second-order valence-electron chi connectivity index (χ2n) is 5.98. The van der Waals surface area contributed by atoms with Gasteiger partial charge >= 0.3 is 11.8 Å². The zero-order valence-corrected chi connectivity index (χ0v) is 12.6. The third kappa shape index (κ3) is 2.94. The molecule has 1 aliphatic rings. The van der Waals surface area contributed by atoms with Crippen molar-refractivity contribution in [3.05, 3.63) is 52.2 Å². The first-order valence-corrected chi connectivity index (χ1v) is 7.08. The van der Waals surface area contributed by atoms with Gasteiger partial charge in [0.15, 0.2) is 0 Å². The average Bonchev–Trinajstić information content (AvgIpc) is 2.94. The summed E-state index contributed by atoms with van der Waals surface area (Å²) in [5, 5.41) is 10.7. The highest BCUT2D eigenvalue weighted by Gasteiger charge is 2.40. The van der Waals surface area contributed by atoms with Gasteiger partial charge in [-0.3, -0.25) is 9.47 Å². The molecule has 0 fully saturated rings. The quantitative estimate of drug-likeness (QED) is 0.624. The lowest BCUT2D eigenvalue weighted by molar-refractivity contribution is -0.389. The third-order valence-corrected chi connectivity index (χ3v) is 3.66. The van der Waals surface area contributed by atoms with Crippen LogP contribution in [-0.4, -0.2) is 38.6 Å². The van der Waals surface area contributed by atoms with E-state index in [1.807, 2.05) is 32.2 Å². The zero-order valence-electron chi connectivity index (χ0n) is 12.6. The number of rotatable bonds is 5. The molecule has 2 aromatic rings. The van der Waals surface area contributed by atoms with Gasteiger partial charge in [-0.05, 0) is 24.5 Å². The van der Waals surface area contributed by atoms with Gasteiger partial charge in [0.05, 0.1) is 6.54 Å². The van der Waals surface area contributed by atoms with Gasteiger partial charge in [-0.25, -0.2) is 0 Å². The standard InChI is InChI=1S/C15H18N4O3/c1-15(10-17(2)8-12-6-4-3-5-7-12)11-18-9-13(19(20)21)16-14(18)22-15/h3-7,9H,8,10-11H2,1-2H3/t15-/m0/s1. The fourth-order valence-corrected chi connectivity index (χ4v) is 2.89. The number of nitro groups is 1. The summed E-state index contributed by atoms with van der Waals surface area (Å²) < 4.78 is 7.54. The molecule has 0 bridgehead atoms. The van der Waals surface area contributed by atoms with Crippen LogP contribution in [0.2, 0.25) is 0 Å². The van der Waals surface area contributed by atoms with Crippen molar-refractivity contribution in [2.45, 2.75) is 25.6 Å². The molecule has 1 aromatic carbocycles. The van der Waals surface area contributed by atoms with Crippen molar-refractivity contribution in [1.82, 2.24) is 14.5 Å². The second kappa shape index (κ2) is 5.42. The number of hydrogen-bond acceptors (Lipinski definition) is 5. The molecule has 0 N–H and O–H groups in total. The molecule has 2 heterocycles. The van der Waals surface area contributed by atoms with Gasteiger partial charge < -0.3 is 14.9 Å². The molecule has 0 aliphatic carbocycles. The fraction of sp³-hybridized carbons (Fsp3) is 0.400. The van der Waals surface area contributed by atoms with Crippen molar-refractivity contribution in [3.8, 4) is 6.01 Å². The van der Waals surface area contributed by atoms with Gasteiger partial charge in [0, 0.05) is 18.1 Å². The number of imidazole rings is 1. The smallest absolute Gasteiger partial charge is 0.415 e. The molecule has 7 heteroatoms. The summed E-state index contributed by atoms with van der Waals surface area (Å²) in [6.07, 6.45) is 1.43. The molecule has 0 saturated carbocycles. The van der Waals surface area contributed by atoms with Gasteiger partial charge in [-0.1, -0.05) is 30.3 Å². The van der Waals surface area contributed by atoms with E-state index in [2.05, 4.69) is 22.0 Å². The Morgan fingerprint density at radius 1 is 1.45 bits per heavy atom. The summed E-state index contributed by atoms with van der Waals surface area (Å²) in [6, 6.07) is 10.5. The Kier molecular flexibility index (Phi) is 3.58. The van der Waals surface area contributed by atoms with E-state index in [0.29, 0.717) is 19.1 Å². The van der Waals surface area contributed by atoms with Crippen molar-refractivity contribution in [1.29, 1.82) is 0 Å². The van der Waals surface area contributed by atoms with Crippen LogP contribution in [0.5, 0.6) is 6.01 Å². The van der Waals surface area contributed by atoms with Crippen molar-refractivity contribution < 1.29 is 9.66 Å². The van der Waals surface area contributed by atoms with Crippen LogP contribution in [0.15, 0.2) is 36.5 Å². The normalized spacial score (nSPS) is 20.0. The molecule has 0 spiro atoms. The Balaban J connectivity index is 1.63. The van der Waals surface area contributed by atoms with Crippen LogP contribution in [0.1, 0.15) is 12.5 Å². The van der Waals surface area contributed by atoms with Crippen LogP contribution in [-0.2, 0) is 13.1 Å². The third-order valence-electron chi connectivity index (χ3n) is 3.66. The maximum Gasteiger partial charge on any atom is 0.415 e. The predicted molar refractivity (Wildman–Crippen MR) is 80.7 cm³/mol. The van der Waals surface area contributed by atoms with Gasteiger partial charge in [-0.2, -0.15) is 0 Å². The summed E-state index contributed by atoms with van der Waals surface area (Å²) in [5.41, 5.74) is 0.807. The van der Waals surface area contributed by atoms with Crippen molar-refractivity contribution in [2.75, 3.05) is 13.6 Å². The van der Waals surface area contributed by atoms with E-state index >= 15 is 0 Å². The zero-order chi connectivity index (χ0) is 15.7. The molecule has 0 radical (unpaired) electrons. The van der Waals surface area contributed by atoms with Gasteiger partial charge in [0.2, 0.25) is 0 Å². The summed E-state index contributed by atoms with van der Waals surface area (Å²) in [5.74, 6) is -0.172. The maximum atomic E-state index is 10.7. The topological polar surface area (TPSA) is 73.4 Å². The van der Waals surface area contributed by atoms with Crippen LogP contribution in [0.4, 0.5) is 5.82 Å². The van der Waals surface area contributed by atoms with Crippen molar-refractivity contribution in [3.63, 3.8) is 0 Å². The summed E-state index contributed by atoms with van der Waals surface area (Å²) in [4.78, 5) is 16.3. The molecule has 7 nitrogen and oxygen atoms in total. The van der Waals surface area contributed by atoms with E-state index in [1.165, 1.54) is 11.8 Å². The SMILES string of the molecule is CN(Cc1ccccc1)C[C@@]1(C)Cn2cc([N+](=O)[O-])nc2O1. The number of fused-ring (bicyclic) bond motifs is 1. The Morgan fingerprint density at radius 2 is 2.18 bits per heavy atom. The second-order valence-corrected chi connectivity index (χ2v) is 5.98. The van der Waals surface area contributed by atoms with E-state index < -0.39 is 10.5 Å². The van der Waals surface area contributed by atoms with Crippen LogP contribution in [0.3, 0.4) is 0 Å². The molecule has 3 rings (SSSR count). The Hall–Kier alpha value is -2.41. The molecule has 22 heavy (non-hydrogen) atoms. The van der Waals surface area contributed by atoms with Gasteiger partial charge in [0.1, 0.15) is 11.8 Å². The van der Waals surface area contributed by atoms with Crippen molar-refractivity contribution >= 4 is 5.82 Å². The minimum Gasteiger partial charge on any atom is -0.436 e. The highest BCUT2D eigenvalue weighted by molar-refractivity contribution is 5.24. The van der Waals surface area contributed by atoms with Gasteiger partial charge in [0.25, 0.3) is 0 Å². The summed E-state index contributed by atoms with van der Waals surface area (Å²) >= 11 is 0. The van der Waals surface area contributed by atoms with Crippen LogP contribution >= 0.6 is 0 Å². The van der Waals surface area contributed by atoms with E-state index in [0.717, 1.165) is 6.54 Å². The molecular formula is C15H18N4O3. The molecule has 0 amide bonds. The number of aromatic nitrogens is 2. The lowest BCUT2D eigenvalue weighted by atomic mass is 10.1. The van der Waals surface area contributed by atoms with Crippen LogP contribution < -0.4 is 4.74 Å². The maximum absolute atomic E-state index is 10.7. The molecule has 1 aromatic heterocycles. The van der Waals surface area contributed by atoms with E-state index in [4.69, 9.17) is 4.74 Å². The number of hydrogen-bond donors (Lipinski definition) is 0. The Bertz CT molecular complexity index is 660. The molecule has 116 valence electrons. The Labute approximate surface area is 128 Å².